The van der Waals surface area contributed by atoms with Gasteiger partial charge >= 0.3 is 0 Å². The number of hydrogen-bond donors (Lipinski definition) is 1. The van der Waals surface area contributed by atoms with Crippen LogP contribution < -0.4 is 5.32 Å². The van der Waals surface area contributed by atoms with Crippen LogP contribution in [0.1, 0.15) is 32.0 Å². The van der Waals surface area contributed by atoms with Crippen molar-refractivity contribution in [2.45, 2.75) is 32.2 Å². The Bertz CT molecular complexity index is 297. The predicted molar refractivity (Wildman–Crippen MR) is 56.6 cm³/mol. The summed E-state index contributed by atoms with van der Waals surface area (Å²) in [6.07, 6.45) is 1.70. The fourth-order valence-corrected chi connectivity index (χ4v) is 1.09. The number of ether oxygens (including phenoxy) is 1. The first-order valence-electron chi connectivity index (χ1n) is 5.11. The van der Waals surface area contributed by atoms with Gasteiger partial charge in [-0.05, 0) is 27.3 Å². The van der Waals surface area contributed by atoms with Crippen molar-refractivity contribution in [2.75, 3.05) is 20.8 Å². The maximum absolute atomic E-state index is 5.19. The lowest BCUT2D eigenvalue weighted by atomic mass is 10.1. The molecule has 0 radical (unpaired) electrons. The summed E-state index contributed by atoms with van der Waals surface area (Å²) < 4.78 is 10.1. The molecule has 1 aromatic rings. The van der Waals surface area contributed by atoms with Gasteiger partial charge in [0.05, 0.1) is 5.54 Å². The van der Waals surface area contributed by atoms with Gasteiger partial charge in [-0.2, -0.15) is 4.98 Å². The second kappa shape index (κ2) is 5.23. The molecule has 0 amide bonds. The number of aryl methyl sites for hydroxylation is 1. The van der Waals surface area contributed by atoms with E-state index in [2.05, 4.69) is 15.5 Å². The second-order valence-electron chi connectivity index (χ2n) is 3.99. The lowest BCUT2D eigenvalue weighted by molar-refractivity contribution is 0.194. The van der Waals surface area contributed by atoms with Crippen molar-refractivity contribution < 1.29 is 9.26 Å². The van der Waals surface area contributed by atoms with E-state index >= 15 is 0 Å². The molecule has 0 aliphatic rings. The second-order valence-corrected chi connectivity index (χ2v) is 3.99. The summed E-state index contributed by atoms with van der Waals surface area (Å²) in [4.78, 5) is 4.33. The van der Waals surface area contributed by atoms with Gasteiger partial charge in [-0.3, -0.25) is 0 Å². The van der Waals surface area contributed by atoms with E-state index in [-0.39, 0.29) is 5.54 Å². The third-order valence-corrected chi connectivity index (χ3v) is 2.38. The quantitative estimate of drug-likeness (QED) is 0.717. The van der Waals surface area contributed by atoms with Crippen molar-refractivity contribution in [3.05, 3.63) is 11.7 Å². The van der Waals surface area contributed by atoms with E-state index in [4.69, 9.17) is 9.26 Å². The van der Waals surface area contributed by atoms with Gasteiger partial charge in [0.15, 0.2) is 5.82 Å². The van der Waals surface area contributed by atoms with E-state index in [1.54, 1.807) is 7.11 Å². The number of rotatable bonds is 6. The van der Waals surface area contributed by atoms with Crippen molar-refractivity contribution in [1.82, 2.24) is 15.5 Å². The van der Waals surface area contributed by atoms with Crippen molar-refractivity contribution in [3.63, 3.8) is 0 Å². The van der Waals surface area contributed by atoms with Crippen LogP contribution in [0.5, 0.6) is 0 Å². The highest BCUT2D eigenvalue weighted by atomic mass is 16.5. The van der Waals surface area contributed by atoms with Gasteiger partial charge in [0, 0.05) is 20.1 Å². The average molecular weight is 213 g/mol. The van der Waals surface area contributed by atoms with Gasteiger partial charge < -0.3 is 14.6 Å². The molecule has 0 saturated carbocycles. The van der Waals surface area contributed by atoms with Crippen LogP contribution in [0.15, 0.2) is 4.52 Å². The van der Waals surface area contributed by atoms with Gasteiger partial charge in [-0.1, -0.05) is 5.16 Å². The molecule has 86 valence electrons. The zero-order valence-electron chi connectivity index (χ0n) is 9.83. The summed E-state index contributed by atoms with van der Waals surface area (Å²) in [5, 5.41) is 7.04. The van der Waals surface area contributed by atoms with Gasteiger partial charge in [0.25, 0.3) is 0 Å². The molecule has 5 nitrogen and oxygen atoms in total. The summed E-state index contributed by atoms with van der Waals surface area (Å²) in [6, 6.07) is 0. The summed E-state index contributed by atoms with van der Waals surface area (Å²) in [5.41, 5.74) is -0.271. The van der Waals surface area contributed by atoms with E-state index in [1.165, 1.54) is 0 Å². The molecule has 1 aromatic heterocycles. The Morgan fingerprint density at radius 3 is 2.80 bits per heavy atom. The first kappa shape index (κ1) is 12.1. The molecule has 0 unspecified atom stereocenters. The zero-order chi connectivity index (χ0) is 11.3. The minimum absolute atomic E-state index is 0.271. The molecule has 0 spiro atoms. The Balaban J connectivity index is 2.56. The highest BCUT2D eigenvalue weighted by Crippen LogP contribution is 2.17. The smallest absolute Gasteiger partial charge is 0.246 e. The van der Waals surface area contributed by atoms with E-state index in [0.29, 0.717) is 5.89 Å². The lowest BCUT2D eigenvalue weighted by Crippen LogP contribution is -2.33. The van der Waals surface area contributed by atoms with Crippen molar-refractivity contribution in [3.8, 4) is 0 Å². The molecular weight excluding hydrogens is 194 g/mol. The van der Waals surface area contributed by atoms with Gasteiger partial charge in [0.1, 0.15) is 0 Å². The standard InChI is InChI=1S/C10H19N3O2/c1-10(2,11-3)9-12-8(13-15-9)6-5-7-14-4/h11H,5-7H2,1-4H3. The summed E-state index contributed by atoms with van der Waals surface area (Å²) in [6.45, 7) is 4.72. The van der Waals surface area contributed by atoms with Crippen LogP contribution in [0, 0.1) is 0 Å². The number of aromatic nitrogens is 2. The van der Waals surface area contributed by atoms with Gasteiger partial charge in [-0.15, -0.1) is 0 Å². The normalized spacial score (nSPS) is 12.0. The summed E-state index contributed by atoms with van der Waals surface area (Å²) in [5.74, 6) is 1.36. The first-order chi connectivity index (χ1) is 7.10. The zero-order valence-corrected chi connectivity index (χ0v) is 9.83. The van der Waals surface area contributed by atoms with Crippen LogP contribution in [-0.2, 0) is 16.7 Å². The van der Waals surface area contributed by atoms with Crippen LogP contribution in [0.3, 0.4) is 0 Å². The average Bonchev–Trinajstić information content (AvgIpc) is 2.68. The third kappa shape index (κ3) is 3.28. The molecule has 15 heavy (non-hydrogen) atoms. The molecule has 0 aromatic carbocycles. The minimum Gasteiger partial charge on any atom is -0.385 e. The van der Waals surface area contributed by atoms with Crippen molar-refractivity contribution in [1.29, 1.82) is 0 Å². The highest BCUT2D eigenvalue weighted by molar-refractivity contribution is 4.98. The third-order valence-electron chi connectivity index (χ3n) is 2.38. The number of methoxy groups -OCH3 is 1. The minimum atomic E-state index is -0.271. The van der Waals surface area contributed by atoms with Gasteiger partial charge in [0.2, 0.25) is 5.89 Å². The van der Waals surface area contributed by atoms with Crippen molar-refractivity contribution >= 4 is 0 Å². The highest BCUT2D eigenvalue weighted by Gasteiger charge is 2.25. The monoisotopic (exact) mass is 213 g/mol. The summed E-state index contributed by atoms with van der Waals surface area (Å²) >= 11 is 0. The lowest BCUT2D eigenvalue weighted by Gasteiger charge is -2.17. The van der Waals surface area contributed by atoms with E-state index in [1.807, 2.05) is 20.9 Å². The molecular formula is C10H19N3O2. The maximum atomic E-state index is 5.19. The van der Waals surface area contributed by atoms with Crippen LogP contribution >= 0.6 is 0 Å². The van der Waals surface area contributed by atoms with Crippen LogP contribution in [0.4, 0.5) is 0 Å². The molecule has 0 aliphatic carbocycles. The van der Waals surface area contributed by atoms with Crippen molar-refractivity contribution in [2.24, 2.45) is 0 Å². The first-order valence-corrected chi connectivity index (χ1v) is 5.11. The Labute approximate surface area is 90.2 Å². The molecule has 0 bridgehead atoms. The molecule has 0 atom stereocenters. The molecule has 1 rings (SSSR count). The number of nitrogens with zero attached hydrogens (tertiary/aromatic N) is 2. The number of nitrogens with one attached hydrogen (secondary N) is 1. The molecule has 5 heteroatoms. The van der Waals surface area contributed by atoms with E-state index in [0.717, 1.165) is 25.3 Å². The summed E-state index contributed by atoms with van der Waals surface area (Å²) in [7, 11) is 3.56. The fraction of sp³-hybridized carbons (Fsp3) is 0.800. The molecule has 0 saturated heterocycles. The Hall–Kier alpha value is -0.940. The largest absolute Gasteiger partial charge is 0.385 e. The molecule has 1 N–H and O–H groups in total. The van der Waals surface area contributed by atoms with E-state index in [9.17, 15) is 0 Å². The Morgan fingerprint density at radius 1 is 1.47 bits per heavy atom. The molecule has 0 fully saturated rings. The van der Waals surface area contributed by atoms with E-state index < -0.39 is 0 Å². The molecule has 0 aliphatic heterocycles. The Kier molecular flexibility index (Phi) is 4.23. The predicted octanol–water partition coefficient (Wildman–Crippen LogP) is 1.10. The van der Waals surface area contributed by atoms with Crippen LogP contribution in [0.25, 0.3) is 0 Å². The maximum Gasteiger partial charge on any atom is 0.246 e. The fourth-order valence-electron chi connectivity index (χ4n) is 1.09. The van der Waals surface area contributed by atoms with Crippen LogP contribution in [0.2, 0.25) is 0 Å². The van der Waals surface area contributed by atoms with Gasteiger partial charge in [-0.25, -0.2) is 0 Å². The number of hydrogen-bond acceptors (Lipinski definition) is 5. The molecule has 1 heterocycles. The Morgan fingerprint density at radius 2 is 2.20 bits per heavy atom. The van der Waals surface area contributed by atoms with Crippen LogP contribution in [-0.4, -0.2) is 30.9 Å². The topological polar surface area (TPSA) is 60.2 Å². The SMILES string of the molecule is CNC(C)(C)c1nc(CCCOC)no1.